The number of nitrogens with zero attached hydrogens (tertiary/aromatic N) is 3. The first kappa shape index (κ1) is 13.8. The van der Waals surface area contributed by atoms with Crippen LogP contribution in [0.1, 0.15) is 17.0 Å². The smallest absolute Gasteiger partial charge is 0.213 e. The predicted octanol–water partition coefficient (Wildman–Crippen LogP) is 3.89. The minimum absolute atomic E-state index is 0.0207. The van der Waals surface area contributed by atoms with Crippen LogP contribution in [0, 0.1) is 18.3 Å². The lowest BCUT2D eigenvalue weighted by Crippen LogP contribution is -2.05. The van der Waals surface area contributed by atoms with E-state index in [4.69, 9.17) is 5.26 Å². The number of aryl methyl sites for hydroxylation is 1. The molecule has 0 fully saturated rings. The Morgan fingerprint density at radius 3 is 2.63 bits per heavy atom. The molecule has 0 spiro atoms. The zero-order valence-electron chi connectivity index (χ0n) is 9.52. The lowest BCUT2D eigenvalue weighted by Gasteiger charge is -2.08. The van der Waals surface area contributed by atoms with Crippen molar-refractivity contribution >= 4 is 23.3 Å². The minimum atomic E-state index is -4.45. The van der Waals surface area contributed by atoms with Gasteiger partial charge in [0.25, 0.3) is 0 Å². The van der Waals surface area contributed by atoms with Crippen molar-refractivity contribution in [3.63, 3.8) is 0 Å². The van der Waals surface area contributed by atoms with E-state index in [1.54, 1.807) is 13.0 Å². The van der Waals surface area contributed by atoms with E-state index in [9.17, 15) is 13.2 Å². The van der Waals surface area contributed by atoms with Gasteiger partial charge in [-0.1, -0.05) is 11.8 Å². The normalized spacial score (nSPS) is 11.3. The SMILES string of the molecule is Cc1nsc(Sc2ccc(C(F)(F)F)cc2C#N)n1. The van der Waals surface area contributed by atoms with E-state index in [1.165, 1.54) is 6.07 Å². The maximum atomic E-state index is 12.5. The van der Waals surface area contributed by atoms with Gasteiger partial charge in [0, 0.05) is 4.90 Å². The first-order chi connectivity index (χ1) is 8.90. The number of alkyl halides is 3. The van der Waals surface area contributed by atoms with Crippen LogP contribution in [0.5, 0.6) is 0 Å². The van der Waals surface area contributed by atoms with Crippen LogP contribution in [-0.2, 0) is 6.18 Å². The first-order valence-electron chi connectivity index (χ1n) is 4.99. The van der Waals surface area contributed by atoms with Crippen LogP contribution >= 0.6 is 23.3 Å². The average molecular weight is 301 g/mol. The molecule has 0 saturated carbocycles. The maximum absolute atomic E-state index is 12.5. The van der Waals surface area contributed by atoms with Gasteiger partial charge in [0.2, 0.25) is 0 Å². The number of benzene rings is 1. The van der Waals surface area contributed by atoms with Crippen molar-refractivity contribution in [2.45, 2.75) is 22.3 Å². The molecule has 0 radical (unpaired) electrons. The van der Waals surface area contributed by atoms with Crippen molar-refractivity contribution in [2.75, 3.05) is 0 Å². The molecule has 0 bridgehead atoms. The molecule has 8 heteroatoms. The molecule has 1 aromatic heterocycles. The second kappa shape index (κ2) is 5.19. The van der Waals surface area contributed by atoms with Crippen LogP contribution in [0.3, 0.4) is 0 Å². The third-order valence-corrected chi connectivity index (χ3v) is 4.05. The molecule has 3 nitrogen and oxygen atoms in total. The van der Waals surface area contributed by atoms with E-state index in [0.29, 0.717) is 15.1 Å². The highest BCUT2D eigenvalue weighted by Gasteiger charge is 2.31. The number of halogens is 3. The van der Waals surface area contributed by atoms with Gasteiger partial charge in [-0.15, -0.1) is 0 Å². The Bertz CT molecular complexity index is 643. The Balaban J connectivity index is 2.34. The Morgan fingerprint density at radius 1 is 1.37 bits per heavy atom. The first-order valence-corrected chi connectivity index (χ1v) is 6.58. The van der Waals surface area contributed by atoms with Crippen LogP contribution in [0.15, 0.2) is 27.4 Å². The molecule has 0 aliphatic rings. The number of rotatable bonds is 2. The lowest BCUT2D eigenvalue weighted by atomic mass is 10.1. The molecule has 1 aromatic carbocycles. The van der Waals surface area contributed by atoms with E-state index >= 15 is 0 Å². The van der Waals surface area contributed by atoms with Crippen molar-refractivity contribution in [2.24, 2.45) is 0 Å². The highest BCUT2D eigenvalue weighted by molar-refractivity contribution is 8.01. The summed E-state index contributed by atoms with van der Waals surface area (Å²) >= 11 is 2.28. The Hall–Kier alpha value is -1.59. The third kappa shape index (κ3) is 3.24. The molecule has 0 unspecified atom stereocenters. The highest BCUT2D eigenvalue weighted by atomic mass is 32.2. The molecule has 0 N–H and O–H groups in total. The molecule has 0 aliphatic heterocycles. The van der Waals surface area contributed by atoms with Crippen molar-refractivity contribution in [3.05, 3.63) is 35.2 Å². The Labute approximate surface area is 115 Å². The fraction of sp³-hybridized carbons (Fsp3) is 0.182. The van der Waals surface area contributed by atoms with Gasteiger partial charge in [-0.2, -0.15) is 22.8 Å². The van der Waals surface area contributed by atoms with E-state index in [2.05, 4.69) is 9.36 Å². The van der Waals surface area contributed by atoms with E-state index in [-0.39, 0.29) is 5.56 Å². The summed E-state index contributed by atoms with van der Waals surface area (Å²) in [5.41, 5.74) is -0.852. The summed E-state index contributed by atoms with van der Waals surface area (Å²) in [6.45, 7) is 1.72. The molecule has 0 aliphatic carbocycles. The lowest BCUT2D eigenvalue weighted by molar-refractivity contribution is -0.137. The fourth-order valence-corrected chi connectivity index (χ4v) is 2.97. The molecule has 2 rings (SSSR count). The topological polar surface area (TPSA) is 49.6 Å². The number of hydrogen-bond acceptors (Lipinski definition) is 5. The fourth-order valence-electron chi connectivity index (χ4n) is 1.30. The van der Waals surface area contributed by atoms with E-state index in [0.717, 1.165) is 35.4 Å². The minimum Gasteiger partial charge on any atom is -0.213 e. The van der Waals surface area contributed by atoms with Gasteiger partial charge in [0.05, 0.1) is 11.1 Å². The summed E-state index contributed by atoms with van der Waals surface area (Å²) in [7, 11) is 0. The van der Waals surface area contributed by atoms with Gasteiger partial charge >= 0.3 is 6.18 Å². The summed E-state index contributed by atoms with van der Waals surface area (Å²) in [5, 5.41) is 8.93. The highest BCUT2D eigenvalue weighted by Crippen LogP contribution is 2.35. The summed E-state index contributed by atoms with van der Waals surface area (Å²) in [6.07, 6.45) is -4.45. The van der Waals surface area contributed by atoms with Gasteiger partial charge in [-0.05, 0) is 36.7 Å². The molecular formula is C11H6F3N3S2. The van der Waals surface area contributed by atoms with Crippen molar-refractivity contribution in [1.29, 1.82) is 5.26 Å². The predicted molar refractivity (Wildman–Crippen MR) is 64.9 cm³/mol. The van der Waals surface area contributed by atoms with Gasteiger partial charge in [-0.25, -0.2) is 4.98 Å². The van der Waals surface area contributed by atoms with Crippen LogP contribution in [0.4, 0.5) is 13.2 Å². The zero-order chi connectivity index (χ0) is 14.0. The standard InChI is InChI=1S/C11H6F3N3S2/c1-6-16-10(19-17-6)18-9-3-2-8(11(12,13)14)4-7(9)5-15/h2-4H,1H3. The zero-order valence-corrected chi connectivity index (χ0v) is 11.2. The summed E-state index contributed by atoms with van der Waals surface area (Å²) in [6, 6.07) is 4.85. The Morgan fingerprint density at radius 2 is 2.11 bits per heavy atom. The average Bonchev–Trinajstić information content (AvgIpc) is 2.74. The molecule has 0 atom stereocenters. The van der Waals surface area contributed by atoms with Crippen LogP contribution in [-0.4, -0.2) is 9.36 Å². The van der Waals surface area contributed by atoms with Gasteiger partial charge in [0.1, 0.15) is 11.9 Å². The molecule has 0 saturated heterocycles. The van der Waals surface area contributed by atoms with E-state index in [1.807, 2.05) is 0 Å². The van der Waals surface area contributed by atoms with Crippen LogP contribution in [0.2, 0.25) is 0 Å². The van der Waals surface area contributed by atoms with Crippen molar-refractivity contribution in [1.82, 2.24) is 9.36 Å². The molecule has 0 amide bonds. The molecule has 98 valence electrons. The van der Waals surface area contributed by atoms with E-state index < -0.39 is 11.7 Å². The number of aromatic nitrogens is 2. The van der Waals surface area contributed by atoms with Gasteiger partial charge in [-0.3, -0.25) is 0 Å². The summed E-state index contributed by atoms with van der Waals surface area (Å²) < 4.78 is 42.2. The molecule has 1 heterocycles. The monoisotopic (exact) mass is 301 g/mol. The van der Waals surface area contributed by atoms with Gasteiger partial charge in [0.15, 0.2) is 4.34 Å². The number of hydrogen-bond donors (Lipinski definition) is 0. The molecule has 2 aromatic rings. The summed E-state index contributed by atoms with van der Waals surface area (Å²) in [4.78, 5) is 4.53. The second-order valence-corrected chi connectivity index (χ2v) is 5.57. The third-order valence-electron chi connectivity index (χ3n) is 2.13. The molecule has 19 heavy (non-hydrogen) atoms. The summed E-state index contributed by atoms with van der Waals surface area (Å²) in [5.74, 6) is 0.595. The van der Waals surface area contributed by atoms with Crippen LogP contribution in [0.25, 0.3) is 0 Å². The maximum Gasteiger partial charge on any atom is 0.416 e. The van der Waals surface area contributed by atoms with Crippen LogP contribution < -0.4 is 0 Å². The molecular weight excluding hydrogens is 295 g/mol. The van der Waals surface area contributed by atoms with Crippen molar-refractivity contribution in [3.8, 4) is 6.07 Å². The van der Waals surface area contributed by atoms with Crippen molar-refractivity contribution < 1.29 is 13.2 Å². The largest absolute Gasteiger partial charge is 0.416 e. The van der Waals surface area contributed by atoms with Gasteiger partial charge < -0.3 is 0 Å². The second-order valence-electron chi connectivity index (χ2n) is 3.53. The number of nitriles is 1. The quantitative estimate of drug-likeness (QED) is 0.844. The Kier molecular flexibility index (Phi) is 3.78.